The number of fused-ring (bicyclic) bond motifs is 3. The minimum Gasteiger partial charge on any atom is -0.302 e. The molecule has 0 atom stereocenters. The number of amides is 1. The number of benzene rings is 2. The fraction of sp³-hybridized carbons (Fsp3) is 0.211. The van der Waals surface area contributed by atoms with Gasteiger partial charge in [0.1, 0.15) is 5.52 Å². The second-order valence-corrected chi connectivity index (χ2v) is 8.40. The number of nitrogens with zero attached hydrogens (tertiary/aromatic N) is 2. The molecule has 4 rings (SSSR count). The summed E-state index contributed by atoms with van der Waals surface area (Å²) in [7, 11) is 0. The highest BCUT2D eigenvalue weighted by Gasteiger charge is 2.13. The number of hydrogen-bond donors (Lipinski definition) is 1. The lowest BCUT2D eigenvalue weighted by Gasteiger charge is -2.06. The Morgan fingerprint density at radius 1 is 1.08 bits per heavy atom. The largest absolute Gasteiger partial charge is 0.302 e. The highest BCUT2D eigenvalue weighted by atomic mass is 32.1. The summed E-state index contributed by atoms with van der Waals surface area (Å²) < 4.78 is 2.19. The number of carbonyl (C=O) groups is 1. The Morgan fingerprint density at radius 3 is 2.72 bits per heavy atom. The molecule has 0 saturated heterocycles. The average molecular weight is 367 g/mol. The van der Waals surface area contributed by atoms with E-state index in [1.54, 1.807) is 11.3 Å². The molecule has 0 spiro atoms. The topological polar surface area (TPSA) is 54.9 Å². The molecule has 0 unspecified atom stereocenters. The lowest BCUT2D eigenvalue weighted by Crippen LogP contribution is -2.14. The van der Waals surface area contributed by atoms with Gasteiger partial charge < -0.3 is 5.32 Å². The van der Waals surface area contributed by atoms with Gasteiger partial charge in [-0.05, 0) is 44.0 Å². The van der Waals surface area contributed by atoms with Crippen LogP contribution < -0.4 is 5.32 Å². The predicted molar refractivity (Wildman–Crippen MR) is 106 cm³/mol. The fourth-order valence-electron chi connectivity index (χ4n) is 2.92. The Labute approximate surface area is 153 Å². The van der Waals surface area contributed by atoms with Crippen molar-refractivity contribution in [3.8, 4) is 0 Å². The van der Waals surface area contributed by atoms with Gasteiger partial charge >= 0.3 is 0 Å². The number of hydrogen-bond acceptors (Lipinski definition) is 5. The maximum atomic E-state index is 12.4. The van der Waals surface area contributed by atoms with Gasteiger partial charge in [0.2, 0.25) is 5.91 Å². The van der Waals surface area contributed by atoms with Crippen LogP contribution in [0.4, 0.5) is 5.13 Å². The van der Waals surface area contributed by atoms with Crippen LogP contribution in [0.5, 0.6) is 0 Å². The first kappa shape index (κ1) is 16.2. The van der Waals surface area contributed by atoms with Crippen LogP contribution in [0.3, 0.4) is 0 Å². The highest BCUT2D eigenvalue weighted by Crippen LogP contribution is 2.34. The molecular formula is C19H17N3OS2. The molecule has 6 heteroatoms. The maximum absolute atomic E-state index is 12.4. The molecule has 0 bridgehead atoms. The van der Waals surface area contributed by atoms with Crippen molar-refractivity contribution in [2.24, 2.45) is 0 Å². The van der Waals surface area contributed by atoms with Gasteiger partial charge in [0.25, 0.3) is 0 Å². The molecule has 0 aliphatic carbocycles. The van der Waals surface area contributed by atoms with E-state index in [9.17, 15) is 4.79 Å². The van der Waals surface area contributed by atoms with Crippen LogP contribution in [0.1, 0.15) is 21.7 Å². The van der Waals surface area contributed by atoms with E-state index < -0.39 is 0 Å². The number of rotatable bonds is 3. The molecule has 0 fully saturated rings. The quantitative estimate of drug-likeness (QED) is 0.553. The highest BCUT2D eigenvalue weighted by molar-refractivity contribution is 7.24. The van der Waals surface area contributed by atoms with E-state index >= 15 is 0 Å². The Kier molecular flexibility index (Phi) is 4.01. The summed E-state index contributed by atoms with van der Waals surface area (Å²) in [5.74, 6) is -0.0447. The molecule has 4 aromatic rings. The normalized spacial score (nSPS) is 11.3. The van der Waals surface area contributed by atoms with Gasteiger partial charge in [0, 0.05) is 0 Å². The zero-order valence-corrected chi connectivity index (χ0v) is 15.8. The Balaban J connectivity index is 1.59. The van der Waals surface area contributed by atoms with Crippen molar-refractivity contribution in [2.75, 3.05) is 5.32 Å². The monoisotopic (exact) mass is 367 g/mol. The van der Waals surface area contributed by atoms with Gasteiger partial charge in [0.05, 0.1) is 26.3 Å². The van der Waals surface area contributed by atoms with Crippen LogP contribution in [0.25, 0.3) is 20.4 Å². The summed E-state index contributed by atoms with van der Waals surface area (Å²) in [4.78, 5) is 21.5. The summed E-state index contributed by atoms with van der Waals surface area (Å²) in [6.07, 6.45) is 0.354. The number of aryl methyl sites for hydroxylation is 3. The first-order valence-electron chi connectivity index (χ1n) is 8.02. The van der Waals surface area contributed by atoms with Crippen LogP contribution in [-0.2, 0) is 11.2 Å². The first-order chi connectivity index (χ1) is 12.0. The predicted octanol–water partition coefficient (Wildman–Crippen LogP) is 5.01. The molecule has 0 aliphatic heterocycles. The van der Waals surface area contributed by atoms with Crippen LogP contribution in [0.15, 0.2) is 30.3 Å². The molecular weight excluding hydrogens is 350 g/mol. The summed E-state index contributed by atoms with van der Waals surface area (Å²) in [5, 5.41) is 4.60. The summed E-state index contributed by atoms with van der Waals surface area (Å²) in [5.41, 5.74) is 5.24. The van der Waals surface area contributed by atoms with Crippen molar-refractivity contribution in [2.45, 2.75) is 27.2 Å². The molecule has 1 N–H and O–H groups in total. The third-order valence-electron chi connectivity index (χ3n) is 4.12. The average Bonchev–Trinajstić information content (AvgIpc) is 3.11. The maximum Gasteiger partial charge on any atom is 0.230 e. The van der Waals surface area contributed by atoms with E-state index in [4.69, 9.17) is 0 Å². The van der Waals surface area contributed by atoms with Gasteiger partial charge in [-0.1, -0.05) is 35.1 Å². The molecule has 0 aliphatic rings. The van der Waals surface area contributed by atoms with Crippen molar-refractivity contribution in [3.63, 3.8) is 0 Å². The number of carbonyl (C=O) groups excluding carboxylic acids is 1. The Morgan fingerprint density at radius 2 is 1.92 bits per heavy atom. The molecule has 0 radical (unpaired) electrons. The van der Waals surface area contributed by atoms with Crippen LogP contribution in [-0.4, -0.2) is 15.9 Å². The smallest absolute Gasteiger partial charge is 0.230 e. The van der Waals surface area contributed by atoms with Crippen LogP contribution in [0, 0.1) is 20.8 Å². The van der Waals surface area contributed by atoms with Gasteiger partial charge in [-0.3, -0.25) is 4.79 Å². The van der Waals surface area contributed by atoms with E-state index in [2.05, 4.69) is 28.3 Å². The molecule has 2 aromatic heterocycles. The molecule has 0 saturated carbocycles. The minimum atomic E-state index is -0.0447. The van der Waals surface area contributed by atoms with Gasteiger partial charge in [-0.2, -0.15) is 0 Å². The standard InChI is InChI=1S/C19H17N3OS2/c1-10-4-5-13(11(2)8-10)9-16(23)22-19-21-14-6-7-15-17(18(14)25-19)20-12(3)24-15/h4-8H,9H2,1-3H3,(H,21,22,23). The van der Waals surface area contributed by atoms with Gasteiger partial charge in [-0.15, -0.1) is 11.3 Å². The fourth-order valence-corrected chi connectivity index (χ4v) is 4.79. The van der Waals surface area contributed by atoms with Crippen molar-refractivity contribution in [1.29, 1.82) is 0 Å². The van der Waals surface area contributed by atoms with Crippen LogP contribution in [0.2, 0.25) is 0 Å². The number of anilines is 1. The lowest BCUT2D eigenvalue weighted by atomic mass is 10.0. The third kappa shape index (κ3) is 3.15. The molecule has 2 aromatic carbocycles. The molecule has 25 heavy (non-hydrogen) atoms. The van der Waals surface area contributed by atoms with Crippen molar-refractivity contribution in [3.05, 3.63) is 52.0 Å². The second kappa shape index (κ2) is 6.20. The van der Waals surface area contributed by atoms with E-state index in [0.29, 0.717) is 11.6 Å². The zero-order chi connectivity index (χ0) is 17.6. The molecule has 4 nitrogen and oxygen atoms in total. The van der Waals surface area contributed by atoms with Crippen LogP contribution >= 0.6 is 22.7 Å². The Bertz CT molecular complexity index is 1110. The first-order valence-corrected chi connectivity index (χ1v) is 9.65. The number of thiazole rings is 2. The number of aromatic nitrogens is 2. The van der Waals surface area contributed by atoms with Crippen molar-refractivity contribution >= 4 is 54.1 Å². The van der Waals surface area contributed by atoms with E-state index in [-0.39, 0.29) is 5.91 Å². The van der Waals surface area contributed by atoms with Crippen molar-refractivity contribution < 1.29 is 4.79 Å². The molecule has 126 valence electrons. The summed E-state index contributed by atoms with van der Waals surface area (Å²) in [6, 6.07) is 10.2. The Hall–Kier alpha value is -2.31. The molecule has 1 amide bonds. The van der Waals surface area contributed by atoms with Crippen molar-refractivity contribution in [1.82, 2.24) is 9.97 Å². The van der Waals surface area contributed by atoms with E-state index in [1.807, 2.05) is 38.1 Å². The van der Waals surface area contributed by atoms with E-state index in [1.165, 1.54) is 16.9 Å². The third-order valence-corrected chi connectivity index (χ3v) is 6.05. The second-order valence-electron chi connectivity index (χ2n) is 6.17. The zero-order valence-electron chi connectivity index (χ0n) is 14.2. The van der Waals surface area contributed by atoms with Gasteiger partial charge in [0.15, 0.2) is 5.13 Å². The lowest BCUT2D eigenvalue weighted by molar-refractivity contribution is -0.115. The van der Waals surface area contributed by atoms with E-state index in [0.717, 1.165) is 36.6 Å². The SMILES string of the molecule is Cc1ccc(CC(=O)Nc2nc3ccc4sc(C)nc4c3s2)c(C)c1. The number of nitrogens with one attached hydrogen (secondary N) is 1. The molecule has 2 heterocycles. The van der Waals surface area contributed by atoms with Gasteiger partial charge in [-0.25, -0.2) is 9.97 Å². The summed E-state index contributed by atoms with van der Waals surface area (Å²) in [6.45, 7) is 6.09. The minimum absolute atomic E-state index is 0.0447. The summed E-state index contributed by atoms with van der Waals surface area (Å²) >= 11 is 3.16.